The van der Waals surface area contributed by atoms with E-state index in [-0.39, 0.29) is 11.9 Å². The third kappa shape index (κ3) is 6.35. The quantitative estimate of drug-likeness (QED) is 0.458. The number of esters is 1. The summed E-state index contributed by atoms with van der Waals surface area (Å²) in [6, 6.07) is 7.78. The SMILES string of the molecule is CCNC(=NCC(C)C(=O)OC)NCCc1ccccc1Cl. The number of ether oxygens (including phenoxy) is 1. The third-order valence-corrected chi connectivity index (χ3v) is 3.48. The molecule has 5 nitrogen and oxygen atoms in total. The molecule has 1 rings (SSSR count). The van der Waals surface area contributed by atoms with E-state index in [1.165, 1.54) is 7.11 Å². The number of benzene rings is 1. The summed E-state index contributed by atoms with van der Waals surface area (Å²) in [5.41, 5.74) is 1.09. The molecule has 6 heteroatoms. The molecule has 0 heterocycles. The maximum Gasteiger partial charge on any atom is 0.310 e. The highest BCUT2D eigenvalue weighted by Gasteiger charge is 2.12. The molecule has 1 unspecified atom stereocenters. The molecule has 0 aromatic heterocycles. The summed E-state index contributed by atoms with van der Waals surface area (Å²) in [4.78, 5) is 15.8. The number of aliphatic imine (C=N–C) groups is 1. The lowest BCUT2D eigenvalue weighted by Crippen LogP contribution is -2.38. The van der Waals surface area contributed by atoms with Crippen molar-refractivity contribution in [2.24, 2.45) is 10.9 Å². The van der Waals surface area contributed by atoms with Gasteiger partial charge in [0.05, 0.1) is 19.6 Å². The number of nitrogens with one attached hydrogen (secondary N) is 2. The second kappa shape index (κ2) is 10.1. The second-order valence-corrected chi connectivity index (χ2v) is 5.32. The number of hydrogen-bond donors (Lipinski definition) is 2. The topological polar surface area (TPSA) is 62.7 Å². The molecule has 122 valence electrons. The molecule has 0 amide bonds. The van der Waals surface area contributed by atoms with Crippen molar-refractivity contribution in [1.29, 1.82) is 0 Å². The molecule has 2 N–H and O–H groups in total. The van der Waals surface area contributed by atoms with Gasteiger partial charge in [-0.3, -0.25) is 9.79 Å². The van der Waals surface area contributed by atoms with Crippen LogP contribution < -0.4 is 10.6 Å². The summed E-state index contributed by atoms with van der Waals surface area (Å²) in [5.74, 6) is 0.171. The summed E-state index contributed by atoms with van der Waals surface area (Å²) in [6.07, 6.45) is 0.802. The van der Waals surface area contributed by atoms with E-state index in [0.717, 1.165) is 23.6 Å². The predicted octanol–water partition coefficient (Wildman–Crippen LogP) is 2.25. The van der Waals surface area contributed by atoms with Gasteiger partial charge in [-0.05, 0) is 25.0 Å². The van der Waals surface area contributed by atoms with E-state index in [1.54, 1.807) is 6.92 Å². The zero-order valence-electron chi connectivity index (χ0n) is 13.4. The number of guanidine groups is 1. The minimum Gasteiger partial charge on any atom is -0.469 e. The number of rotatable bonds is 7. The Morgan fingerprint density at radius 3 is 2.73 bits per heavy atom. The Balaban J connectivity index is 2.50. The van der Waals surface area contributed by atoms with E-state index < -0.39 is 0 Å². The number of halogens is 1. The second-order valence-electron chi connectivity index (χ2n) is 4.91. The Kier molecular flexibility index (Phi) is 8.36. The lowest BCUT2D eigenvalue weighted by molar-refractivity contribution is -0.144. The van der Waals surface area contributed by atoms with Crippen LogP contribution in [-0.4, -0.2) is 38.7 Å². The summed E-state index contributed by atoms with van der Waals surface area (Å²) < 4.78 is 4.69. The molecule has 0 fully saturated rings. The van der Waals surface area contributed by atoms with Crippen LogP contribution >= 0.6 is 11.6 Å². The van der Waals surface area contributed by atoms with Crippen LogP contribution in [0.25, 0.3) is 0 Å². The zero-order chi connectivity index (χ0) is 16.4. The molecule has 0 aliphatic heterocycles. The van der Waals surface area contributed by atoms with Gasteiger partial charge in [0.15, 0.2) is 5.96 Å². The van der Waals surface area contributed by atoms with Crippen LogP contribution in [0, 0.1) is 5.92 Å². The molecule has 0 spiro atoms. The smallest absolute Gasteiger partial charge is 0.310 e. The molecular weight excluding hydrogens is 302 g/mol. The Hall–Kier alpha value is -1.75. The van der Waals surface area contributed by atoms with E-state index in [0.29, 0.717) is 19.0 Å². The summed E-state index contributed by atoms with van der Waals surface area (Å²) in [5, 5.41) is 7.16. The van der Waals surface area contributed by atoms with Crippen molar-refractivity contribution < 1.29 is 9.53 Å². The molecule has 0 bridgehead atoms. The summed E-state index contributed by atoms with van der Waals surface area (Å²) in [6.45, 7) is 5.64. The first-order chi connectivity index (χ1) is 10.6. The highest BCUT2D eigenvalue weighted by Crippen LogP contribution is 2.14. The van der Waals surface area contributed by atoms with Gasteiger partial charge >= 0.3 is 5.97 Å². The van der Waals surface area contributed by atoms with Gasteiger partial charge in [-0.1, -0.05) is 36.7 Å². The van der Waals surface area contributed by atoms with Crippen LogP contribution in [0.15, 0.2) is 29.3 Å². The first kappa shape index (κ1) is 18.3. The average Bonchev–Trinajstić information content (AvgIpc) is 2.53. The molecule has 1 aromatic rings. The fraction of sp³-hybridized carbons (Fsp3) is 0.500. The Morgan fingerprint density at radius 1 is 1.36 bits per heavy atom. The number of carbonyl (C=O) groups excluding carboxylic acids is 1. The molecule has 0 saturated heterocycles. The van der Waals surface area contributed by atoms with Gasteiger partial charge in [-0.25, -0.2) is 0 Å². The Morgan fingerprint density at radius 2 is 2.09 bits per heavy atom. The standard InChI is InChI=1S/C16H24ClN3O2/c1-4-18-16(20-11-12(2)15(21)22-3)19-10-9-13-7-5-6-8-14(13)17/h5-8,12H,4,9-11H2,1-3H3,(H2,18,19,20). The van der Waals surface area contributed by atoms with Gasteiger partial charge in [0.1, 0.15) is 0 Å². The first-order valence-corrected chi connectivity index (χ1v) is 7.79. The van der Waals surface area contributed by atoms with Crippen LogP contribution in [0.4, 0.5) is 0 Å². The largest absolute Gasteiger partial charge is 0.469 e. The Labute approximate surface area is 137 Å². The summed E-state index contributed by atoms with van der Waals surface area (Å²) >= 11 is 6.13. The molecule has 1 aromatic carbocycles. The lowest BCUT2D eigenvalue weighted by Gasteiger charge is -2.13. The van der Waals surface area contributed by atoms with Gasteiger partial charge in [0, 0.05) is 18.1 Å². The molecule has 0 aliphatic carbocycles. The van der Waals surface area contributed by atoms with Crippen molar-refractivity contribution in [2.45, 2.75) is 20.3 Å². The number of carbonyl (C=O) groups is 1. The van der Waals surface area contributed by atoms with Crippen molar-refractivity contribution in [1.82, 2.24) is 10.6 Å². The van der Waals surface area contributed by atoms with Crippen LogP contribution in [0.2, 0.25) is 5.02 Å². The van der Waals surface area contributed by atoms with Gasteiger partial charge in [0.25, 0.3) is 0 Å². The van der Waals surface area contributed by atoms with E-state index in [2.05, 4.69) is 15.6 Å². The van der Waals surface area contributed by atoms with E-state index >= 15 is 0 Å². The van der Waals surface area contributed by atoms with E-state index in [9.17, 15) is 4.79 Å². The third-order valence-electron chi connectivity index (χ3n) is 3.12. The van der Waals surface area contributed by atoms with Crippen molar-refractivity contribution in [2.75, 3.05) is 26.7 Å². The average molecular weight is 326 g/mol. The lowest BCUT2D eigenvalue weighted by atomic mass is 10.1. The van der Waals surface area contributed by atoms with Crippen molar-refractivity contribution in [3.05, 3.63) is 34.9 Å². The van der Waals surface area contributed by atoms with Gasteiger partial charge in [-0.15, -0.1) is 0 Å². The Bertz CT molecular complexity index is 506. The fourth-order valence-electron chi connectivity index (χ4n) is 1.86. The maximum atomic E-state index is 11.4. The molecule has 0 saturated carbocycles. The van der Waals surface area contributed by atoms with Gasteiger partial charge in [-0.2, -0.15) is 0 Å². The summed E-state index contributed by atoms with van der Waals surface area (Å²) in [7, 11) is 1.38. The zero-order valence-corrected chi connectivity index (χ0v) is 14.1. The highest BCUT2D eigenvalue weighted by atomic mass is 35.5. The van der Waals surface area contributed by atoms with Gasteiger partial charge in [0.2, 0.25) is 0 Å². The maximum absolute atomic E-state index is 11.4. The molecule has 0 aliphatic rings. The fourth-order valence-corrected chi connectivity index (χ4v) is 2.09. The monoisotopic (exact) mass is 325 g/mol. The molecule has 0 radical (unpaired) electrons. The van der Waals surface area contributed by atoms with Crippen LogP contribution in [0.5, 0.6) is 0 Å². The molecule has 1 atom stereocenters. The molecular formula is C16H24ClN3O2. The van der Waals surface area contributed by atoms with Crippen molar-refractivity contribution in [3.8, 4) is 0 Å². The normalized spacial score (nSPS) is 12.6. The van der Waals surface area contributed by atoms with E-state index in [1.807, 2.05) is 31.2 Å². The van der Waals surface area contributed by atoms with Crippen LogP contribution in [0.1, 0.15) is 19.4 Å². The van der Waals surface area contributed by atoms with Gasteiger partial charge < -0.3 is 15.4 Å². The predicted molar refractivity (Wildman–Crippen MR) is 90.3 cm³/mol. The first-order valence-electron chi connectivity index (χ1n) is 7.41. The van der Waals surface area contributed by atoms with Crippen molar-refractivity contribution in [3.63, 3.8) is 0 Å². The highest BCUT2D eigenvalue weighted by molar-refractivity contribution is 6.31. The van der Waals surface area contributed by atoms with Crippen LogP contribution in [0.3, 0.4) is 0 Å². The minimum absolute atomic E-state index is 0.254. The number of methoxy groups -OCH3 is 1. The molecule has 22 heavy (non-hydrogen) atoms. The minimum atomic E-state index is -0.260. The van der Waals surface area contributed by atoms with Crippen molar-refractivity contribution >= 4 is 23.5 Å². The van der Waals surface area contributed by atoms with E-state index in [4.69, 9.17) is 16.3 Å². The van der Waals surface area contributed by atoms with Crippen LogP contribution in [-0.2, 0) is 16.0 Å². The number of nitrogens with zero attached hydrogens (tertiary/aromatic N) is 1. The number of hydrogen-bond acceptors (Lipinski definition) is 3.